The SMILES string of the molecule is Cn1cnc2c1CCN(Cc1cc(Cl)cc3cccnc13)C2. The molecule has 1 aliphatic rings. The molecule has 0 saturated heterocycles. The Labute approximate surface area is 134 Å². The van der Waals surface area contributed by atoms with E-state index < -0.39 is 0 Å². The van der Waals surface area contributed by atoms with E-state index in [4.69, 9.17) is 11.6 Å². The summed E-state index contributed by atoms with van der Waals surface area (Å²) in [6.07, 6.45) is 4.79. The lowest BCUT2D eigenvalue weighted by Crippen LogP contribution is -2.30. The van der Waals surface area contributed by atoms with E-state index in [0.29, 0.717) is 0 Å². The van der Waals surface area contributed by atoms with Gasteiger partial charge in [-0.15, -0.1) is 0 Å². The highest BCUT2D eigenvalue weighted by Crippen LogP contribution is 2.25. The summed E-state index contributed by atoms with van der Waals surface area (Å²) in [5, 5.41) is 1.87. The van der Waals surface area contributed by atoms with E-state index >= 15 is 0 Å². The van der Waals surface area contributed by atoms with E-state index in [9.17, 15) is 0 Å². The number of hydrogen-bond donors (Lipinski definition) is 0. The van der Waals surface area contributed by atoms with Gasteiger partial charge in [0.25, 0.3) is 0 Å². The summed E-state index contributed by atoms with van der Waals surface area (Å²) in [6, 6.07) is 8.01. The van der Waals surface area contributed by atoms with Crippen molar-refractivity contribution in [3.8, 4) is 0 Å². The molecule has 0 amide bonds. The highest BCUT2D eigenvalue weighted by molar-refractivity contribution is 6.31. The van der Waals surface area contributed by atoms with Crippen LogP contribution in [0.4, 0.5) is 0 Å². The lowest BCUT2D eigenvalue weighted by molar-refractivity contribution is 0.241. The zero-order valence-corrected chi connectivity index (χ0v) is 13.2. The van der Waals surface area contributed by atoms with Crippen LogP contribution < -0.4 is 0 Å². The molecule has 0 unspecified atom stereocenters. The van der Waals surface area contributed by atoms with E-state index in [1.807, 2.05) is 30.7 Å². The first-order valence-corrected chi connectivity index (χ1v) is 7.83. The average Bonchev–Trinajstić information content (AvgIpc) is 2.88. The third-order valence-electron chi connectivity index (χ3n) is 4.33. The number of halogens is 1. The van der Waals surface area contributed by atoms with Crippen LogP contribution in [-0.4, -0.2) is 26.0 Å². The largest absolute Gasteiger partial charge is 0.337 e. The molecule has 0 radical (unpaired) electrons. The van der Waals surface area contributed by atoms with Gasteiger partial charge in [-0.2, -0.15) is 0 Å². The van der Waals surface area contributed by atoms with Crippen molar-refractivity contribution < 1.29 is 0 Å². The maximum atomic E-state index is 6.26. The molecule has 0 aliphatic carbocycles. The van der Waals surface area contributed by atoms with E-state index in [1.165, 1.54) is 17.0 Å². The monoisotopic (exact) mass is 312 g/mol. The van der Waals surface area contributed by atoms with Crippen molar-refractivity contribution in [2.75, 3.05) is 6.54 Å². The van der Waals surface area contributed by atoms with Crippen molar-refractivity contribution in [2.24, 2.45) is 7.05 Å². The summed E-state index contributed by atoms with van der Waals surface area (Å²) < 4.78 is 2.13. The summed E-state index contributed by atoms with van der Waals surface area (Å²) in [6.45, 7) is 2.77. The van der Waals surface area contributed by atoms with E-state index in [1.54, 1.807) is 0 Å². The van der Waals surface area contributed by atoms with Crippen LogP contribution >= 0.6 is 11.6 Å². The normalized spacial score (nSPS) is 15.2. The minimum absolute atomic E-state index is 0.769. The first-order chi connectivity index (χ1) is 10.7. The van der Waals surface area contributed by atoms with Crippen LogP contribution in [0.5, 0.6) is 0 Å². The second-order valence-corrected chi connectivity index (χ2v) is 6.29. The molecule has 2 aromatic heterocycles. The van der Waals surface area contributed by atoms with Gasteiger partial charge >= 0.3 is 0 Å². The number of fused-ring (bicyclic) bond motifs is 2. The van der Waals surface area contributed by atoms with Gasteiger partial charge in [-0.25, -0.2) is 4.98 Å². The molecule has 22 heavy (non-hydrogen) atoms. The molecule has 4 rings (SSSR count). The summed E-state index contributed by atoms with van der Waals surface area (Å²) in [5.41, 5.74) is 4.76. The molecular weight excluding hydrogens is 296 g/mol. The van der Waals surface area contributed by atoms with Crippen LogP contribution in [0.25, 0.3) is 10.9 Å². The minimum atomic E-state index is 0.769. The maximum Gasteiger partial charge on any atom is 0.0949 e. The van der Waals surface area contributed by atoms with Gasteiger partial charge in [0.2, 0.25) is 0 Å². The van der Waals surface area contributed by atoms with Crippen LogP contribution in [0, 0.1) is 0 Å². The topological polar surface area (TPSA) is 34.0 Å². The van der Waals surface area contributed by atoms with Gasteiger partial charge in [0.15, 0.2) is 0 Å². The highest BCUT2D eigenvalue weighted by Gasteiger charge is 2.20. The van der Waals surface area contributed by atoms with Gasteiger partial charge in [0, 0.05) is 55.4 Å². The van der Waals surface area contributed by atoms with Crippen molar-refractivity contribution in [3.63, 3.8) is 0 Å². The Bertz CT molecular complexity index is 840. The Morgan fingerprint density at radius 3 is 3.09 bits per heavy atom. The van der Waals surface area contributed by atoms with Gasteiger partial charge in [0.05, 0.1) is 17.5 Å². The first-order valence-electron chi connectivity index (χ1n) is 7.45. The number of aryl methyl sites for hydroxylation is 1. The number of pyridine rings is 1. The Balaban J connectivity index is 1.65. The Kier molecular flexibility index (Phi) is 3.36. The van der Waals surface area contributed by atoms with Gasteiger partial charge in [-0.05, 0) is 23.8 Å². The lowest BCUT2D eigenvalue weighted by atomic mass is 10.1. The molecule has 0 atom stereocenters. The fraction of sp³-hybridized carbons (Fsp3) is 0.294. The van der Waals surface area contributed by atoms with Crippen molar-refractivity contribution in [1.29, 1.82) is 0 Å². The fourth-order valence-corrected chi connectivity index (χ4v) is 3.48. The molecule has 3 heterocycles. The van der Waals surface area contributed by atoms with Crippen molar-refractivity contribution >= 4 is 22.5 Å². The molecule has 0 bridgehead atoms. The molecule has 3 aromatic rings. The standard InChI is InChI=1S/C17H17ClN4/c1-21-11-20-15-10-22(6-4-16(15)21)9-13-8-14(18)7-12-3-2-5-19-17(12)13/h2-3,5,7-8,11H,4,6,9-10H2,1H3. The molecule has 1 aromatic carbocycles. The second-order valence-electron chi connectivity index (χ2n) is 5.85. The molecule has 0 fully saturated rings. The van der Waals surface area contributed by atoms with Gasteiger partial charge in [0.1, 0.15) is 0 Å². The highest BCUT2D eigenvalue weighted by atomic mass is 35.5. The Morgan fingerprint density at radius 1 is 1.27 bits per heavy atom. The predicted molar refractivity (Wildman–Crippen MR) is 87.8 cm³/mol. The number of rotatable bonds is 2. The smallest absolute Gasteiger partial charge is 0.0949 e. The number of aromatic nitrogens is 3. The summed E-state index contributed by atoms with van der Waals surface area (Å²) in [7, 11) is 2.07. The van der Waals surface area contributed by atoms with Gasteiger partial charge in [-0.3, -0.25) is 9.88 Å². The molecule has 0 saturated carbocycles. The zero-order valence-electron chi connectivity index (χ0n) is 12.5. The number of imidazole rings is 1. The van der Waals surface area contributed by atoms with Crippen molar-refractivity contribution in [2.45, 2.75) is 19.5 Å². The lowest BCUT2D eigenvalue weighted by Gasteiger charge is -2.27. The van der Waals surface area contributed by atoms with Crippen molar-refractivity contribution in [1.82, 2.24) is 19.4 Å². The fourth-order valence-electron chi connectivity index (χ4n) is 3.24. The number of benzene rings is 1. The number of nitrogens with zero attached hydrogens (tertiary/aromatic N) is 4. The molecule has 4 nitrogen and oxygen atoms in total. The molecule has 112 valence electrons. The third-order valence-corrected chi connectivity index (χ3v) is 4.54. The van der Waals surface area contributed by atoms with Crippen LogP contribution in [0.3, 0.4) is 0 Å². The third kappa shape index (κ3) is 2.38. The van der Waals surface area contributed by atoms with E-state index in [0.717, 1.165) is 42.0 Å². The van der Waals surface area contributed by atoms with Crippen LogP contribution in [-0.2, 0) is 26.6 Å². The summed E-state index contributed by atoms with van der Waals surface area (Å²) >= 11 is 6.26. The molecule has 0 N–H and O–H groups in total. The molecule has 0 spiro atoms. The second kappa shape index (κ2) is 5.38. The Hall–Kier alpha value is -1.91. The Morgan fingerprint density at radius 2 is 2.18 bits per heavy atom. The zero-order chi connectivity index (χ0) is 15.1. The van der Waals surface area contributed by atoms with E-state index in [2.05, 4.69) is 32.5 Å². The molecule has 5 heteroatoms. The number of hydrogen-bond acceptors (Lipinski definition) is 3. The quantitative estimate of drug-likeness (QED) is 0.729. The van der Waals surface area contributed by atoms with Gasteiger partial charge in [-0.1, -0.05) is 17.7 Å². The van der Waals surface area contributed by atoms with Crippen LogP contribution in [0.15, 0.2) is 36.8 Å². The average molecular weight is 313 g/mol. The molecule has 1 aliphatic heterocycles. The van der Waals surface area contributed by atoms with Crippen LogP contribution in [0.1, 0.15) is 17.0 Å². The van der Waals surface area contributed by atoms with E-state index in [-0.39, 0.29) is 0 Å². The van der Waals surface area contributed by atoms with Gasteiger partial charge < -0.3 is 4.57 Å². The maximum absolute atomic E-state index is 6.26. The summed E-state index contributed by atoms with van der Waals surface area (Å²) in [5.74, 6) is 0. The summed E-state index contributed by atoms with van der Waals surface area (Å²) in [4.78, 5) is 11.5. The minimum Gasteiger partial charge on any atom is -0.337 e. The first kappa shape index (κ1) is 13.7. The predicted octanol–water partition coefficient (Wildman–Crippen LogP) is 3.18. The van der Waals surface area contributed by atoms with Crippen molar-refractivity contribution in [3.05, 3.63) is 58.8 Å². The van der Waals surface area contributed by atoms with Crippen LogP contribution in [0.2, 0.25) is 5.02 Å². The molecular formula is C17H17ClN4.